The highest BCUT2D eigenvalue weighted by Gasteiger charge is 2.44. The highest BCUT2D eigenvalue weighted by Crippen LogP contribution is 2.46. The lowest BCUT2D eigenvalue weighted by Gasteiger charge is -2.47. The molecule has 3 heterocycles. The number of anilines is 1. The minimum atomic E-state index is -0.315. The Morgan fingerprint density at radius 2 is 1.76 bits per heavy atom. The first-order valence-electron chi connectivity index (χ1n) is 12.2. The molecule has 2 aromatic rings. The van der Waals surface area contributed by atoms with Crippen LogP contribution in [0, 0.1) is 6.92 Å². The van der Waals surface area contributed by atoms with E-state index < -0.39 is 0 Å². The number of para-hydroxylation sites is 1. The molecule has 5 rings (SSSR count). The van der Waals surface area contributed by atoms with E-state index in [4.69, 9.17) is 4.74 Å². The second-order valence-corrected chi connectivity index (χ2v) is 9.80. The molecule has 0 aliphatic carbocycles. The third-order valence-electron chi connectivity index (χ3n) is 7.41. The van der Waals surface area contributed by atoms with Crippen LogP contribution in [0.15, 0.2) is 48.5 Å². The number of nitrogens with one attached hydrogen (secondary N) is 1. The number of hydrogen-bond donors (Lipinski definition) is 1. The van der Waals surface area contributed by atoms with Crippen LogP contribution in [0.2, 0.25) is 0 Å². The van der Waals surface area contributed by atoms with E-state index >= 15 is 0 Å². The first-order valence-corrected chi connectivity index (χ1v) is 12.2. The molecule has 6 nitrogen and oxygen atoms in total. The maximum atomic E-state index is 13.0. The van der Waals surface area contributed by atoms with E-state index in [1.54, 1.807) is 0 Å². The summed E-state index contributed by atoms with van der Waals surface area (Å²) in [7, 11) is 0. The summed E-state index contributed by atoms with van der Waals surface area (Å²) in [6.07, 6.45) is 5.14. The molecule has 2 fully saturated rings. The first kappa shape index (κ1) is 21.8. The lowest BCUT2D eigenvalue weighted by molar-refractivity contribution is -0.131. The van der Waals surface area contributed by atoms with Gasteiger partial charge in [0.1, 0.15) is 11.4 Å². The average Bonchev–Trinajstić information content (AvgIpc) is 3.35. The van der Waals surface area contributed by atoms with Crippen LogP contribution in [0.4, 0.5) is 10.5 Å². The summed E-state index contributed by atoms with van der Waals surface area (Å²) < 4.78 is 6.58. The number of amides is 3. The van der Waals surface area contributed by atoms with Crippen molar-refractivity contribution in [2.75, 3.05) is 31.5 Å². The van der Waals surface area contributed by atoms with Crippen molar-refractivity contribution in [3.05, 3.63) is 59.7 Å². The van der Waals surface area contributed by atoms with Crippen LogP contribution in [0.3, 0.4) is 0 Å². The average molecular weight is 448 g/mol. The van der Waals surface area contributed by atoms with Crippen molar-refractivity contribution in [3.8, 4) is 5.75 Å². The molecule has 0 saturated carbocycles. The van der Waals surface area contributed by atoms with E-state index in [-0.39, 0.29) is 23.5 Å². The summed E-state index contributed by atoms with van der Waals surface area (Å²) in [6.45, 7) is 5.09. The number of carbonyl (C=O) groups excluding carboxylic acids is 2. The van der Waals surface area contributed by atoms with Crippen LogP contribution >= 0.6 is 0 Å². The van der Waals surface area contributed by atoms with Gasteiger partial charge in [0.05, 0.1) is 0 Å². The van der Waals surface area contributed by atoms with Gasteiger partial charge in [-0.05, 0) is 55.5 Å². The van der Waals surface area contributed by atoms with Crippen molar-refractivity contribution in [3.63, 3.8) is 0 Å². The highest BCUT2D eigenvalue weighted by atomic mass is 16.5. The quantitative estimate of drug-likeness (QED) is 0.725. The first-order chi connectivity index (χ1) is 16.0. The highest BCUT2D eigenvalue weighted by molar-refractivity contribution is 5.89. The van der Waals surface area contributed by atoms with Crippen molar-refractivity contribution < 1.29 is 14.3 Å². The Hall–Kier alpha value is -3.02. The smallest absolute Gasteiger partial charge is 0.321 e. The summed E-state index contributed by atoms with van der Waals surface area (Å²) in [4.78, 5) is 29.7. The van der Waals surface area contributed by atoms with E-state index in [9.17, 15) is 9.59 Å². The molecule has 3 aliphatic rings. The number of aryl methyl sites for hydroxylation is 1. The molecule has 0 bridgehead atoms. The van der Waals surface area contributed by atoms with E-state index in [1.807, 2.05) is 59.2 Å². The van der Waals surface area contributed by atoms with Crippen LogP contribution in [0.5, 0.6) is 5.75 Å². The Morgan fingerprint density at radius 1 is 1.00 bits per heavy atom. The molecule has 1 spiro atoms. The minimum absolute atomic E-state index is 0.0626. The Morgan fingerprint density at radius 3 is 2.52 bits per heavy atom. The number of likely N-dealkylation sites (tertiary alicyclic amines) is 2. The molecular weight excluding hydrogens is 414 g/mol. The van der Waals surface area contributed by atoms with Crippen LogP contribution in [0.25, 0.3) is 0 Å². The Kier molecular flexibility index (Phi) is 6.00. The van der Waals surface area contributed by atoms with Gasteiger partial charge in [-0.1, -0.05) is 30.3 Å². The molecule has 1 N–H and O–H groups in total. The van der Waals surface area contributed by atoms with Gasteiger partial charge in [0.15, 0.2) is 0 Å². The Labute approximate surface area is 195 Å². The summed E-state index contributed by atoms with van der Waals surface area (Å²) >= 11 is 0. The number of ether oxygens (including phenoxy) is 1. The van der Waals surface area contributed by atoms with Gasteiger partial charge in [-0.3, -0.25) is 4.79 Å². The fourth-order valence-corrected chi connectivity index (χ4v) is 5.58. The van der Waals surface area contributed by atoms with Crippen molar-refractivity contribution in [2.24, 2.45) is 0 Å². The molecule has 174 valence electrons. The SMILES string of the molecule is Cc1cccc(NC(=O)N2CCC3(CC2)CC(CC(=O)N2CCCC2)c2ccccc2O3)c1. The van der Waals surface area contributed by atoms with Gasteiger partial charge in [-0.15, -0.1) is 0 Å². The van der Waals surface area contributed by atoms with Gasteiger partial charge in [0.2, 0.25) is 5.91 Å². The molecule has 0 radical (unpaired) electrons. The molecule has 1 atom stereocenters. The lowest BCUT2D eigenvalue weighted by atomic mass is 9.76. The zero-order chi connectivity index (χ0) is 22.8. The van der Waals surface area contributed by atoms with Crippen LogP contribution < -0.4 is 10.1 Å². The summed E-state index contributed by atoms with van der Waals surface area (Å²) in [5.41, 5.74) is 2.78. The van der Waals surface area contributed by atoms with Crippen LogP contribution in [-0.2, 0) is 4.79 Å². The fraction of sp³-hybridized carbons (Fsp3) is 0.481. The monoisotopic (exact) mass is 447 g/mol. The predicted octanol–water partition coefficient (Wildman–Crippen LogP) is 4.94. The second-order valence-electron chi connectivity index (χ2n) is 9.80. The van der Waals surface area contributed by atoms with Gasteiger partial charge in [0.25, 0.3) is 0 Å². The molecule has 2 aromatic carbocycles. The number of fused-ring (bicyclic) bond motifs is 1. The zero-order valence-electron chi connectivity index (χ0n) is 19.4. The largest absolute Gasteiger partial charge is 0.487 e. The molecular formula is C27H33N3O3. The maximum absolute atomic E-state index is 13.0. The van der Waals surface area contributed by atoms with Crippen molar-refractivity contribution >= 4 is 17.6 Å². The number of hydrogen-bond acceptors (Lipinski definition) is 3. The second kappa shape index (κ2) is 9.08. The summed E-state index contributed by atoms with van der Waals surface area (Å²) in [5, 5.41) is 3.02. The summed E-state index contributed by atoms with van der Waals surface area (Å²) in [6, 6.07) is 16.0. The maximum Gasteiger partial charge on any atom is 0.321 e. The van der Waals surface area contributed by atoms with Gasteiger partial charge < -0.3 is 19.9 Å². The van der Waals surface area contributed by atoms with E-state index in [1.165, 1.54) is 0 Å². The predicted molar refractivity (Wildman–Crippen MR) is 129 cm³/mol. The van der Waals surface area contributed by atoms with Crippen molar-refractivity contribution in [1.82, 2.24) is 9.80 Å². The van der Waals surface area contributed by atoms with E-state index in [2.05, 4.69) is 11.4 Å². The van der Waals surface area contributed by atoms with Crippen LogP contribution in [0.1, 0.15) is 55.6 Å². The Balaban J connectivity index is 1.26. The number of rotatable bonds is 3. The van der Waals surface area contributed by atoms with Gasteiger partial charge in [-0.25, -0.2) is 4.79 Å². The minimum Gasteiger partial charge on any atom is -0.487 e. The van der Waals surface area contributed by atoms with E-state index in [0.29, 0.717) is 19.5 Å². The molecule has 33 heavy (non-hydrogen) atoms. The fourth-order valence-electron chi connectivity index (χ4n) is 5.58. The number of urea groups is 1. The number of carbonyl (C=O) groups is 2. The molecule has 1 unspecified atom stereocenters. The van der Waals surface area contributed by atoms with Crippen LogP contribution in [-0.4, -0.2) is 53.5 Å². The normalized spacial score (nSPS) is 21.4. The van der Waals surface area contributed by atoms with E-state index in [0.717, 1.165) is 67.8 Å². The van der Waals surface area contributed by atoms with Gasteiger partial charge in [0, 0.05) is 57.0 Å². The van der Waals surface area contributed by atoms with Gasteiger partial charge in [-0.2, -0.15) is 0 Å². The molecule has 3 aliphatic heterocycles. The molecule has 6 heteroatoms. The topological polar surface area (TPSA) is 61.9 Å². The molecule has 3 amide bonds. The zero-order valence-corrected chi connectivity index (χ0v) is 19.4. The number of benzene rings is 2. The molecule has 2 saturated heterocycles. The number of nitrogens with zero attached hydrogens (tertiary/aromatic N) is 2. The van der Waals surface area contributed by atoms with Crippen molar-refractivity contribution in [1.29, 1.82) is 0 Å². The third kappa shape index (κ3) is 4.70. The van der Waals surface area contributed by atoms with Crippen molar-refractivity contribution in [2.45, 2.75) is 57.0 Å². The number of piperidine rings is 1. The standard InChI is InChI=1S/C27H33N3O3/c1-20-7-6-8-22(17-20)28-26(32)30-15-11-27(12-16-30)19-21(18-25(31)29-13-4-5-14-29)23-9-2-3-10-24(23)33-27/h2-3,6-10,17,21H,4-5,11-16,18-19H2,1H3,(H,28,32). The Bertz CT molecular complexity index is 1020. The summed E-state index contributed by atoms with van der Waals surface area (Å²) in [5.74, 6) is 1.33. The lowest BCUT2D eigenvalue weighted by Crippen LogP contribution is -2.52. The third-order valence-corrected chi connectivity index (χ3v) is 7.41. The molecule has 0 aromatic heterocycles. The van der Waals surface area contributed by atoms with Gasteiger partial charge >= 0.3 is 6.03 Å².